The number of ether oxygens (including phenoxy) is 1. The molecule has 1 heterocycles. The molecular formula is C21H21N3O3. The third kappa shape index (κ3) is 3.36. The summed E-state index contributed by atoms with van der Waals surface area (Å²) in [7, 11) is 3.13. The minimum atomic E-state index is -0.638. The number of nitriles is 1. The molecule has 138 valence electrons. The predicted octanol–water partition coefficient (Wildman–Crippen LogP) is 3.28. The number of carbonyl (C=O) groups excluding carboxylic acids is 2. The highest BCUT2D eigenvalue weighted by Gasteiger charge is 2.49. The maximum absolute atomic E-state index is 13.0. The summed E-state index contributed by atoms with van der Waals surface area (Å²) in [6.45, 7) is 0.412. The monoisotopic (exact) mass is 363 g/mol. The first-order chi connectivity index (χ1) is 13.0. The molecule has 0 N–H and O–H groups in total. The van der Waals surface area contributed by atoms with Gasteiger partial charge in [0, 0.05) is 19.2 Å². The van der Waals surface area contributed by atoms with Crippen LogP contribution in [0.5, 0.6) is 0 Å². The van der Waals surface area contributed by atoms with Crippen molar-refractivity contribution in [2.45, 2.75) is 18.4 Å². The number of esters is 1. The zero-order valence-electron chi connectivity index (χ0n) is 15.4. The highest BCUT2D eigenvalue weighted by molar-refractivity contribution is 5.95. The van der Waals surface area contributed by atoms with E-state index in [9.17, 15) is 9.59 Å². The van der Waals surface area contributed by atoms with Crippen LogP contribution in [0.2, 0.25) is 0 Å². The van der Waals surface area contributed by atoms with Crippen molar-refractivity contribution in [2.75, 3.05) is 25.6 Å². The normalized spacial score (nSPS) is 19.1. The molecule has 0 aliphatic carbocycles. The molecule has 1 aliphatic heterocycles. The first kappa shape index (κ1) is 18.5. The second-order valence-electron chi connectivity index (χ2n) is 6.56. The van der Waals surface area contributed by atoms with Crippen LogP contribution in [0.4, 0.5) is 10.5 Å². The summed E-state index contributed by atoms with van der Waals surface area (Å²) < 4.78 is 4.80. The van der Waals surface area contributed by atoms with Gasteiger partial charge >= 0.3 is 12.0 Å². The van der Waals surface area contributed by atoms with Crippen LogP contribution in [0.3, 0.4) is 0 Å². The van der Waals surface area contributed by atoms with Crippen molar-refractivity contribution in [2.24, 2.45) is 0 Å². The van der Waals surface area contributed by atoms with E-state index in [1.165, 1.54) is 7.11 Å². The fourth-order valence-electron chi connectivity index (χ4n) is 3.55. The number of amides is 2. The quantitative estimate of drug-likeness (QED) is 0.764. The fourth-order valence-corrected chi connectivity index (χ4v) is 3.55. The van der Waals surface area contributed by atoms with Gasteiger partial charge in [0.2, 0.25) is 0 Å². The molecule has 2 amide bonds. The SMILES string of the molecule is COC(=O)CCC1(c2ccccc2)CN(c2ccc(C#N)cc2)C(=O)N1C. The Balaban J connectivity index is 1.98. The first-order valence-electron chi connectivity index (χ1n) is 8.69. The number of hydrogen-bond acceptors (Lipinski definition) is 4. The smallest absolute Gasteiger partial charge is 0.325 e. The Morgan fingerprint density at radius 1 is 1.19 bits per heavy atom. The van der Waals surface area contributed by atoms with Gasteiger partial charge in [0.25, 0.3) is 0 Å². The third-order valence-electron chi connectivity index (χ3n) is 5.17. The Bertz CT molecular complexity index is 874. The molecule has 1 fully saturated rings. The van der Waals surface area contributed by atoms with Gasteiger partial charge in [0.15, 0.2) is 0 Å². The Morgan fingerprint density at radius 3 is 2.44 bits per heavy atom. The minimum absolute atomic E-state index is 0.145. The van der Waals surface area contributed by atoms with Crippen LogP contribution in [0, 0.1) is 11.3 Å². The molecule has 3 rings (SSSR count). The van der Waals surface area contributed by atoms with Crippen LogP contribution in [-0.2, 0) is 15.1 Å². The van der Waals surface area contributed by atoms with Crippen molar-refractivity contribution in [3.05, 3.63) is 65.7 Å². The molecule has 27 heavy (non-hydrogen) atoms. The van der Waals surface area contributed by atoms with Gasteiger partial charge in [-0.1, -0.05) is 30.3 Å². The van der Waals surface area contributed by atoms with Crippen LogP contribution in [-0.4, -0.2) is 37.6 Å². The van der Waals surface area contributed by atoms with Crippen LogP contribution in [0.1, 0.15) is 24.0 Å². The second-order valence-corrected chi connectivity index (χ2v) is 6.56. The zero-order chi connectivity index (χ0) is 19.4. The molecule has 0 bridgehead atoms. The van der Waals surface area contributed by atoms with Gasteiger partial charge in [-0.15, -0.1) is 0 Å². The number of rotatable bonds is 5. The lowest BCUT2D eigenvalue weighted by atomic mass is 9.84. The molecule has 0 saturated carbocycles. The zero-order valence-corrected chi connectivity index (χ0v) is 15.4. The number of methoxy groups -OCH3 is 1. The van der Waals surface area contributed by atoms with Crippen LogP contribution >= 0.6 is 0 Å². The fraction of sp³-hybridized carbons (Fsp3) is 0.286. The van der Waals surface area contributed by atoms with E-state index in [2.05, 4.69) is 6.07 Å². The van der Waals surface area contributed by atoms with E-state index >= 15 is 0 Å². The molecule has 6 nitrogen and oxygen atoms in total. The molecule has 6 heteroatoms. The minimum Gasteiger partial charge on any atom is -0.469 e. The van der Waals surface area contributed by atoms with Gasteiger partial charge in [0.1, 0.15) is 0 Å². The van der Waals surface area contributed by atoms with Crippen molar-refractivity contribution < 1.29 is 14.3 Å². The Kier molecular flexibility index (Phi) is 5.13. The van der Waals surface area contributed by atoms with E-state index in [1.807, 2.05) is 30.3 Å². The van der Waals surface area contributed by atoms with Crippen LogP contribution in [0.15, 0.2) is 54.6 Å². The number of carbonyl (C=O) groups is 2. The lowest BCUT2D eigenvalue weighted by Gasteiger charge is -2.35. The number of urea groups is 1. The van der Waals surface area contributed by atoms with Crippen molar-refractivity contribution >= 4 is 17.7 Å². The number of likely N-dealkylation sites (N-methyl/N-ethyl adjacent to an activating group) is 1. The standard InChI is InChI=1S/C21H21N3O3/c1-23-20(26)24(18-10-8-16(14-22)9-11-18)15-21(23,13-12-19(25)27-2)17-6-4-3-5-7-17/h3-11H,12-13,15H2,1-2H3. The third-order valence-corrected chi connectivity index (χ3v) is 5.17. The largest absolute Gasteiger partial charge is 0.469 e. The van der Waals surface area contributed by atoms with E-state index < -0.39 is 5.54 Å². The van der Waals surface area contributed by atoms with Gasteiger partial charge in [-0.25, -0.2) is 4.79 Å². The first-order valence-corrected chi connectivity index (χ1v) is 8.69. The van der Waals surface area contributed by atoms with Gasteiger partial charge in [-0.2, -0.15) is 5.26 Å². The highest BCUT2D eigenvalue weighted by atomic mass is 16.5. The Morgan fingerprint density at radius 2 is 1.85 bits per heavy atom. The molecule has 1 atom stereocenters. The van der Waals surface area contributed by atoms with Gasteiger partial charge in [-0.3, -0.25) is 9.69 Å². The van der Waals surface area contributed by atoms with Gasteiger partial charge in [-0.05, 0) is 36.2 Å². The summed E-state index contributed by atoms with van der Waals surface area (Å²) in [5, 5.41) is 8.98. The summed E-state index contributed by atoms with van der Waals surface area (Å²) in [4.78, 5) is 28.2. The van der Waals surface area contributed by atoms with Crippen molar-refractivity contribution in [1.82, 2.24) is 4.90 Å². The van der Waals surface area contributed by atoms with Crippen molar-refractivity contribution in [3.63, 3.8) is 0 Å². The van der Waals surface area contributed by atoms with Gasteiger partial charge < -0.3 is 9.64 Å². The van der Waals surface area contributed by atoms with E-state index in [-0.39, 0.29) is 18.4 Å². The topological polar surface area (TPSA) is 73.6 Å². The molecule has 2 aromatic rings. The number of nitrogens with zero attached hydrogens (tertiary/aromatic N) is 3. The number of benzene rings is 2. The Hall–Kier alpha value is -3.33. The van der Waals surface area contributed by atoms with E-state index in [1.54, 1.807) is 41.1 Å². The van der Waals surface area contributed by atoms with Gasteiger partial charge in [0.05, 0.1) is 30.8 Å². The van der Waals surface area contributed by atoms with E-state index in [0.29, 0.717) is 18.5 Å². The van der Waals surface area contributed by atoms with Crippen molar-refractivity contribution in [3.8, 4) is 6.07 Å². The van der Waals surface area contributed by atoms with Crippen molar-refractivity contribution in [1.29, 1.82) is 5.26 Å². The van der Waals surface area contributed by atoms with Crippen LogP contribution in [0.25, 0.3) is 0 Å². The molecule has 1 aliphatic rings. The average Bonchev–Trinajstić information content (AvgIpc) is 2.98. The summed E-state index contributed by atoms with van der Waals surface area (Å²) in [6, 6.07) is 18.6. The summed E-state index contributed by atoms with van der Waals surface area (Å²) in [6.07, 6.45) is 0.670. The van der Waals surface area contributed by atoms with E-state index in [4.69, 9.17) is 10.00 Å². The second kappa shape index (κ2) is 7.50. The summed E-state index contributed by atoms with van der Waals surface area (Å²) in [5.74, 6) is -0.303. The Labute approximate surface area is 158 Å². The maximum atomic E-state index is 13.0. The predicted molar refractivity (Wildman–Crippen MR) is 101 cm³/mol. The van der Waals surface area contributed by atoms with Crippen LogP contribution < -0.4 is 4.90 Å². The maximum Gasteiger partial charge on any atom is 0.325 e. The number of anilines is 1. The molecule has 1 saturated heterocycles. The number of hydrogen-bond donors (Lipinski definition) is 0. The average molecular weight is 363 g/mol. The molecular weight excluding hydrogens is 342 g/mol. The molecule has 0 spiro atoms. The van der Waals surface area contributed by atoms with E-state index in [0.717, 1.165) is 11.3 Å². The summed E-state index contributed by atoms with van der Waals surface area (Å²) >= 11 is 0. The molecule has 0 radical (unpaired) electrons. The molecule has 1 unspecified atom stereocenters. The molecule has 2 aromatic carbocycles. The molecule has 0 aromatic heterocycles. The lowest BCUT2D eigenvalue weighted by molar-refractivity contribution is -0.141. The lowest BCUT2D eigenvalue weighted by Crippen LogP contribution is -2.42. The highest BCUT2D eigenvalue weighted by Crippen LogP contribution is 2.41. The summed E-state index contributed by atoms with van der Waals surface area (Å²) in [5.41, 5.74) is 1.60.